The Bertz CT molecular complexity index is 749. The molecule has 2 aliphatic rings. The first-order valence-electron chi connectivity index (χ1n) is 10.0. The van der Waals surface area contributed by atoms with Crippen LogP contribution in [0.4, 0.5) is 0 Å². The molecule has 7 nitrogen and oxygen atoms in total. The van der Waals surface area contributed by atoms with Crippen molar-refractivity contribution in [2.75, 3.05) is 25.4 Å². The van der Waals surface area contributed by atoms with Gasteiger partial charge >= 0.3 is 0 Å². The van der Waals surface area contributed by atoms with Crippen molar-refractivity contribution in [3.8, 4) is 5.75 Å². The number of nitrogens with one attached hydrogen (secondary N) is 1. The van der Waals surface area contributed by atoms with Gasteiger partial charge in [0.05, 0.1) is 24.1 Å². The third kappa shape index (κ3) is 5.68. The van der Waals surface area contributed by atoms with Crippen LogP contribution in [0.2, 0.25) is 0 Å². The summed E-state index contributed by atoms with van der Waals surface area (Å²) in [5.74, 6) is 0.356. The summed E-state index contributed by atoms with van der Waals surface area (Å²) >= 11 is 0. The molecule has 156 valence electrons. The Kier molecular flexibility index (Phi) is 6.95. The van der Waals surface area contributed by atoms with Gasteiger partial charge in [0.1, 0.15) is 5.75 Å². The lowest BCUT2D eigenvalue weighted by molar-refractivity contribution is -0.0440. The van der Waals surface area contributed by atoms with Crippen LogP contribution >= 0.6 is 0 Å². The molecule has 3 rings (SSSR count). The molecule has 0 aromatic heterocycles. The number of rotatable bonds is 7. The normalized spacial score (nSPS) is 24.2. The molecule has 1 saturated carbocycles. The molecule has 0 bridgehead atoms. The van der Waals surface area contributed by atoms with Gasteiger partial charge in [0.2, 0.25) is 10.0 Å². The van der Waals surface area contributed by atoms with Crippen molar-refractivity contribution < 1.29 is 22.7 Å². The fourth-order valence-corrected chi connectivity index (χ4v) is 5.26. The van der Waals surface area contributed by atoms with Crippen molar-refractivity contribution in [3.63, 3.8) is 0 Å². The van der Waals surface area contributed by atoms with E-state index in [0.717, 1.165) is 18.6 Å². The number of amides is 1. The van der Waals surface area contributed by atoms with E-state index in [1.54, 1.807) is 24.3 Å². The van der Waals surface area contributed by atoms with Crippen LogP contribution < -0.4 is 10.1 Å². The average Bonchev–Trinajstić information content (AvgIpc) is 3.14. The van der Waals surface area contributed by atoms with Crippen molar-refractivity contribution in [1.29, 1.82) is 0 Å². The molecule has 2 fully saturated rings. The van der Waals surface area contributed by atoms with Gasteiger partial charge in [-0.3, -0.25) is 4.79 Å². The Hall–Kier alpha value is -1.64. The molecule has 2 unspecified atom stereocenters. The van der Waals surface area contributed by atoms with Crippen LogP contribution in [0.25, 0.3) is 0 Å². The molecule has 1 aromatic rings. The highest BCUT2D eigenvalue weighted by atomic mass is 32.2. The SMILES string of the molecule is CC1CN(S(=O)(=O)CCNC(=O)c2ccc(OC3CCCC3)cc2)CC(C)O1. The zero-order valence-corrected chi connectivity index (χ0v) is 17.4. The molecule has 1 N–H and O–H groups in total. The number of hydrogen-bond acceptors (Lipinski definition) is 5. The molecule has 2 atom stereocenters. The zero-order chi connectivity index (χ0) is 20.1. The molecule has 1 heterocycles. The van der Waals surface area contributed by atoms with Gasteiger partial charge in [0, 0.05) is 25.2 Å². The van der Waals surface area contributed by atoms with Crippen LogP contribution in [-0.2, 0) is 14.8 Å². The topological polar surface area (TPSA) is 84.9 Å². The van der Waals surface area contributed by atoms with Crippen molar-refractivity contribution in [3.05, 3.63) is 29.8 Å². The fourth-order valence-electron chi connectivity index (χ4n) is 3.77. The lowest BCUT2D eigenvalue weighted by Gasteiger charge is -2.34. The molecule has 28 heavy (non-hydrogen) atoms. The minimum absolute atomic E-state index is 0.0710. The number of carbonyl (C=O) groups excluding carboxylic acids is 1. The number of benzene rings is 1. The molecule has 1 saturated heterocycles. The molecular formula is C20H30N2O5S. The van der Waals surface area contributed by atoms with Crippen LogP contribution in [0, 0.1) is 0 Å². The first kappa shape index (κ1) is 21.1. The van der Waals surface area contributed by atoms with Gasteiger partial charge < -0.3 is 14.8 Å². The molecule has 1 amide bonds. The van der Waals surface area contributed by atoms with E-state index in [9.17, 15) is 13.2 Å². The molecule has 0 spiro atoms. The molecule has 8 heteroatoms. The highest BCUT2D eigenvalue weighted by Crippen LogP contribution is 2.24. The minimum atomic E-state index is -3.43. The first-order chi connectivity index (χ1) is 13.3. The van der Waals surface area contributed by atoms with Crippen LogP contribution in [0.5, 0.6) is 5.75 Å². The smallest absolute Gasteiger partial charge is 0.251 e. The summed E-state index contributed by atoms with van der Waals surface area (Å²) in [7, 11) is -3.43. The first-order valence-corrected chi connectivity index (χ1v) is 11.6. The Morgan fingerprint density at radius 1 is 1.14 bits per heavy atom. The van der Waals surface area contributed by atoms with Crippen molar-refractivity contribution in [1.82, 2.24) is 9.62 Å². The summed E-state index contributed by atoms with van der Waals surface area (Å²) in [4.78, 5) is 12.3. The number of sulfonamides is 1. The van der Waals surface area contributed by atoms with E-state index in [2.05, 4.69) is 5.32 Å². The largest absolute Gasteiger partial charge is 0.490 e. The van der Waals surface area contributed by atoms with Gasteiger partial charge in [0.15, 0.2) is 0 Å². The molecule has 0 radical (unpaired) electrons. The Morgan fingerprint density at radius 2 is 1.75 bits per heavy atom. The van der Waals surface area contributed by atoms with Crippen molar-refractivity contribution in [2.45, 2.75) is 57.8 Å². The Morgan fingerprint density at radius 3 is 2.36 bits per heavy atom. The second-order valence-electron chi connectivity index (χ2n) is 7.69. The number of ether oxygens (including phenoxy) is 2. The number of hydrogen-bond donors (Lipinski definition) is 1. The average molecular weight is 411 g/mol. The van der Waals surface area contributed by atoms with Gasteiger partial charge in [0.25, 0.3) is 5.91 Å². The third-order valence-electron chi connectivity index (χ3n) is 5.15. The second kappa shape index (κ2) is 9.24. The van der Waals surface area contributed by atoms with E-state index >= 15 is 0 Å². The Balaban J connectivity index is 1.47. The lowest BCUT2D eigenvalue weighted by atomic mass is 10.2. The van der Waals surface area contributed by atoms with Crippen LogP contribution in [0.1, 0.15) is 49.9 Å². The van der Waals surface area contributed by atoms with Crippen LogP contribution in [0.15, 0.2) is 24.3 Å². The Labute approximate surface area is 167 Å². The van der Waals surface area contributed by atoms with Gasteiger partial charge in [-0.05, 0) is 63.8 Å². The maximum Gasteiger partial charge on any atom is 0.251 e. The minimum Gasteiger partial charge on any atom is -0.490 e. The van der Waals surface area contributed by atoms with Gasteiger partial charge in [-0.1, -0.05) is 0 Å². The number of morpholine rings is 1. The summed E-state index contributed by atoms with van der Waals surface area (Å²) in [5, 5.41) is 2.69. The second-order valence-corrected chi connectivity index (χ2v) is 9.78. The number of carbonyl (C=O) groups is 1. The molecule has 1 aliphatic carbocycles. The van der Waals surface area contributed by atoms with Gasteiger partial charge in [-0.2, -0.15) is 4.31 Å². The van der Waals surface area contributed by atoms with E-state index in [1.165, 1.54) is 17.1 Å². The predicted octanol–water partition coefficient (Wildman–Crippen LogP) is 2.18. The summed E-state index contributed by atoms with van der Waals surface area (Å²) in [6.07, 6.45) is 4.59. The van der Waals surface area contributed by atoms with E-state index < -0.39 is 10.0 Å². The van der Waals surface area contributed by atoms with E-state index in [1.807, 2.05) is 13.8 Å². The quantitative estimate of drug-likeness (QED) is 0.745. The van der Waals surface area contributed by atoms with Crippen LogP contribution in [-0.4, -0.2) is 62.3 Å². The summed E-state index contributed by atoms with van der Waals surface area (Å²) in [5.41, 5.74) is 0.491. The molecule has 1 aliphatic heterocycles. The van der Waals surface area contributed by atoms with Gasteiger partial charge in [-0.25, -0.2) is 8.42 Å². The standard InChI is InChI=1S/C20H30N2O5S/c1-15-13-22(14-16(2)26-15)28(24,25)12-11-21-20(23)17-7-9-19(10-8-17)27-18-5-3-4-6-18/h7-10,15-16,18H,3-6,11-14H2,1-2H3,(H,21,23). The highest BCUT2D eigenvalue weighted by molar-refractivity contribution is 7.89. The van der Waals surface area contributed by atoms with Gasteiger partial charge in [-0.15, -0.1) is 0 Å². The molecule has 1 aromatic carbocycles. The third-order valence-corrected chi connectivity index (χ3v) is 6.95. The van der Waals surface area contributed by atoms with E-state index in [4.69, 9.17) is 9.47 Å². The predicted molar refractivity (Wildman–Crippen MR) is 107 cm³/mol. The monoisotopic (exact) mass is 410 g/mol. The van der Waals surface area contributed by atoms with Crippen molar-refractivity contribution in [2.24, 2.45) is 0 Å². The van der Waals surface area contributed by atoms with Crippen molar-refractivity contribution >= 4 is 15.9 Å². The zero-order valence-electron chi connectivity index (χ0n) is 16.6. The van der Waals surface area contributed by atoms with E-state index in [-0.39, 0.29) is 36.5 Å². The summed E-state index contributed by atoms with van der Waals surface area (Å²) in [6.45, 7) is 4.49. The maximum absolute atomic E-state index is 12.5. The maximum atomic E-state index is 12.5. The summed E-state index contributed by atoms with van der Waals surface area (Å²) in [6, 6.07) is 7.00. The fraction of sp³-hybridized carbons (Fsp3) is 0.650. The molecular weight excluding hydrogens is 380 g/mol. The lowest BCUT2D eigenvalue weighted by Crippen LogP contribution is -2.49. The van der Waals surface area contributed by atoms with E-state index in [0.29, 0.717) is 18.7 Å². The highest BCUT2D eigenvalue weighted by Gasteiger charge is 2.30. The van der Waals surface area contributed by atoms with Crippen LogP contribution in [0.3, 0.4) is 0 Å². The summed E-state index contributed by atoms with van der Waals surface area (Å²) < 4.78 is 37.9. The number of nitrogens with zero attached hydrogens (tertiary/aromatic N) is 1.